The maximum atomic E-state index is 9.86. The van der Waals surface area contributed by atoms with E-state index in [1.807, 2.05) is 25.1 Å². The second kappa shape index (κ2) is 6.24. The molecule has 0 bridgehead atoms. The molecule has 3 heteroatoms. The maximum absolute atomic E-state index is 9.86. The standard InChI is InChI=1S/C13H20ClNO/c1-9(2)15-8-12(16)7-11-5-4-6-13(14)10(11)3/h4-6,9,12,15-16H,7-8H2,1-3H3. The lowest BCUT2D eigenvalue weighted by Gasteiger charge is -2.15. The Kier molecular flexibility index (Phi) is 5.26. The molecule has 2 nitrogen and oxygen atoms in total. The van der Waals surface area contributed by atoms with Gasteiger partial charge < -0.3 is 10.4 Å². The van der Waals surface area contributed by atoms with Gasteiger partial charge in [0.05, 0.1) is 6.10 Å². The van der Waals surface area contributed by atoms with Crippen molar-refractivity contribution in [3.8, 4) is 0 Å². The van der Waals surface area contributed by atoms with Gasteiger partial charge in [-0.05, 0) is 30.5 Å². The lowest BCUT2D eigenvalue weighted by molar-refractivity contribution is 0.168. The lowest BCUT2D eigenvalue weighted by atomic mass is 10.0. The molecule has 90 valence electrons. The molecule has 1 unspecified atom stereocenters. The Labute approximate surface area is 103 Å². The SMILES string of the molecule is Cc1c(Cl)cccc1CC(O)CNC(C)C. The van der Waals surface area contributed by atoms with E-state index in [-0.39, 0.29) is 6.10 Å². The van der Waals surface area contributed by atoms with Crippen LogP contribution in [-0.2, 0) is 6.42 Å². The van der Waals surface area contributed by atoms with Gasteiger partial charge in [0.15, 0.2) is 0 Å². The van der Waals surface area contributed by atoms with E-state index in [0.717, 1.165) is 16.1 Å². The third-order valence-electron chi connectivity index (χ3n) is 2.60. The number of rotatable bonds is 5. The molecule has 1 aromatic carbocycles. The summed E-state index contributed by atoms with van der Waals surface area (Å²) in [5.74, 6) is 0. The van der Waals surface area contributed by atoms with Crippen LogP contribution in [0.2, 0.25) is 5.02 Å². The summed E-state index contributed by atoms with van der Waals surface area (Å²) in [4.78, 5) is 0. The fourth-order valence-corrected chi connectivity index (χ4v) is 1.77. The van der Waals surface area contributed by atoms with Crippen LogP contribution in [0, 0.1) is 6.92 Å². The molecule has 0 radical (unpaired) electrons. The normalized spacial score (nSPS) is 13.1. The molecule has 0 aliphatic carbocycles. The average molecular weight is 242 g/mol. The van der Waals surface area contributed by atoms with Gasteiger partial charge in [0, 0.05) is 17.6 Å². The van der Waals surface area contributed by atoms with Crippen molar-refractivity contribution in [2.45, 2.75) is 39.3 Å². The third-order valence-corrected chi connectivity index (χ3v) is 3.01. The van der Waals surface area contributed by atoms with Gasteiger partial charge in [-0.3, -0.25) is 0 Å². The number of nitrogens with one attached hydrogen (secondary N) is 1. The highest BCUT2D eigenvalue weighted by Gasteiger charge is 2.09. The molecule has 1 atom stereocenters. The second-order valence-corrected chi connectivity index (χ2v) is 4.85. The van der Waals surface area contributed by atoms with E-state index in [1.165, 1.54) is 0 Å². The van der Waals surface area contributed by atoms with E-state index in [4.69, 9.17) is 11.6 Å². The van der Waals surface area contributed by atoms with Crippen LogP contribution in [0.15, 0.2) is 18.2 Å². The van der Waals surface area contributed by atoms with Crippen molar-refractivity contribution in [2.24, 2.45) is 0 Å². The molecule has 0 spiro atoms. The first kappa shape index (κ1) is 13.5. The fourth-order valence-electron chi connectivity index (χ4n) is 1.57. The van der Waals surface area contributed by atoms with Gasteiger partial charge in [-0.1, -0.05) is 37.6 Å². The molecule has 1 rings (SSSR count). The Morgan fingerprint density at radius 3 is 2.69 bits per heavy atom. The minimum Gasteiger partial charge on any atom is -0.391 e. The van der Waals surface area contributed by atoms with Crippen LogP contribution in [0.5, 0.6) is 0 Å². The second-order valence-electron chi connectivity index (χ2n) is 4.44. The van der Waals surface area contributed by atoms with Crippen LogP contribution in [0.25, 0.3) is 0 Å². The first-order chi connectivity index (χ1) is 7.50. The maximum Gasteiger partial charge on any atom is 0.0705 e. The van der Waals surface area contributed by atoms with Crippen molar-refractivity contribution >= 4 is 11.6 Å². The Morgan fingerprint density at radius 2 is 2.06 bits per heavy atom. The van der Waals surface area contributed by atoms with Crippen LogP contribution in [-0.4, -0.2) is 23.8 Å². The van der Waals surface area contributed by atoms with Gasteiger partial charge >= 0.3 is 0 Å². The van der Waals surface area contributed by atoms with Crippen LogP contribution < -0.4 is 5.32 Å². The summed E-state index contributed by atoms with van der Waals surface area (Å²) in [5, 5.41) is 13.8. The van der Waals surface area contributed by atoms with Gasteiger partial charge in [0.25, 0.3) is 0 Å². The van der Waals surface area contributed by atoms with Gasteiger partial charge in [-0.2, -0.15) is 0 Å². The van der Waals surface area contributed by atoms with Crippen molar-refractivity contribution in [3.05, 3.63) is 34.3 Å². The summed E-state index contributed by atoms with van der Waals surface area (Å²) in [6.45, 7) is 6.73. The molecule has 0 aromatic heterocycles. The molecular formula is C13H20ClNO. The van der Waals surface area contributed by atoms with E-state index in [9.17, 15) is 5.11 Å². The molecule has 0 saturated carbocycles. The number of aliphatic hydroxyl groups excluding tert-OH is 1. The van der Waals surface area contributed by atoms with Crippen molar-refractivity contribution in [3.63, 3.8) is 0 Å². The van der Waals surface area contributed by atoms with Gasteiger partial charge in [0.1, 0.15) is 0 Å². The van der Waals surface area contributed by atoms with Crippen LogP contribution in [0.1, 0.15) is 25.0 Å². The minimum atomic E-state index is -0.362. The van der Waals surface area contributed by atoms with Crippen LogP contribution >= 0.6 is 11.6 Å². The Hall–Kier alpha value is -0.570. The first-order valence-electron chi connectivity index (χ1n) is 5.66. The number of benzene rings is 1. The first-order valence-corrected chi connectivity index (χ1v) is 6.04. The Morgan fingerprint density at radius 1 is 1.38 bits per heavy atom. The molecule has 0 aliphatic rings. The van der Waals surface area contributed by atoms with Crippen molar-refractivity contribution in [1.29, 1.82) is 0 Å². The number of halogens is 1. The van der Waals surface area contributed by atoms with Crippen molar-refractivity contribution < 1.29 is 5.11 Å². The zero-order chi connectivity index (χ0) is 12.1. The molecule has 1 aromatic rings. The molecule has 0 aliphatic heterocycles. The van der Waals surface area contributed by atoms with Gasteiger partial charge in [-0.15, -0.1) is 0 Å². The highest BCUT2D eigenvalue weighted by Crippen LogP contribution is 2.19. The van der Waals surface area contributed by atoms with Gasteiger partial charge in [0.2, 0.25) is 0 Å². The van der Waals surface area contributed by atoms with Crippen molar-refractivity contribution in [1.82, 2.24) is 5.32 Å². The van der Waals surface area contributed by atoms with E-state index in [1.54, 1.807) is 0 Å². The molecule has 2 N–H and O–H groups in total. The summed E-state index contributed by atoms with van der Waals surface area (Å²) < 4.78 is 0. The summed E-state index contributed by atoms with van der Waals surface area (Å²) in [5.41, 5.74) is 2.18. The Balaban J connectivity index is 2.56. The summed E-state index contributed by atoms with van der Waals surface area (Å²) >= 11 is 6.03. The van der Waals surface area contributed by atoms with E-state index in [0.29, 0.717) is 19.0 Å². The number of hydrogen-bond acceptors (Lipinski definition) is 2. The quantitative estimate of drug-likeness (QED) is 0.831. The number of aliphatic hydroxyl groups is 1. The van der Waals surface area contributed by atoms with Crippen LogP contribution in [0.3, 0.4) is 0 Å². The fraction of sp³-hybridized carbons (Fsp3) is 0.538. The smallest absolute Gasteiger partial charge is 0.0705 e. The van der Waals surface area contributed by atoms with E-state index >= 15 is 0 Å². The topological polar surface area (TPSA) is 32.3 Å². The predicted molar refractivity (Wildman–Crippen MR) is 69.0 cm³/mol. The minimum absolute atomic E-state index is 0.362. The summed E-state index contributed by atoms with van der Waals surface area (Å²) in [7, 11) is 0. The Bertz CT molecular complexity index is 339. The average Bonchev–Trinajstić information content (AvgIpc) is 2.22. The monoisotopic (exact) mass is 241 g/mol. The zero-order valence-electron chi connectivity index (χ0n) is 10.1. The number of hydrogen-bond donors (Lipinski definition) is 2. The molecule has 0 fully saturated rings. The zero-order valence-corrected chi connectivity index (χ0v) is 10.9. The van der Waals surface area contributed by atoms with E-state index < -0.39 is 0 Å². The molecule has 0 saturated heterocycles. The molecule has 0 heterocycles. The lowest BCUT2D eigenvalue weighted by Crippen LogP contribution is -2.33. The predicted octanol–water partition coefficient (Wildman–Crippen LogP) is 2.55. The molecular weight excluding hydrogens is 222 g/mol. The van der Waals surface area contributed by atoms with Crippen LogP contribution in [0.4, 0.5) is 0 Å². The molecule has 0 amide bonds. The van der Waals surface area contributed by atoms with E-state index in [2.05, 4.69) is 19.2 Å². The summed E-state index contributed by atoms with van der Waals surface area (Å²) in [6, 6.07) is 6.21. The largest absolute Gasteiger partial charge is 0.391 e. The highest BCUT2D eigenvalue weighted by molar-refractivity contribution is 6.31. The summed E-state index contributed by atoms with van der Waals surface area (Å²) in [6.07, 6.45) is 0.283. The highest BCUT2D eigenvalue weighted by atomic mass is 35.5. The van der Waals surface area contributed by atoms with Crippen molar-refractivity contribution in [2.75, 3.05) is 6.54 Å². The van der Waals surface area contributed by atoms with Gasteiger partial charge in [-0.25, -0.2) is 0 Å². The third kappa shape index (κ3) is 4.12. The molecule has 16 heavy (non-hydrogen) atoms.